The van der Waals surface area contributed by atoms with Crippen molar-refractivity contribution in [1.82, 2.24) is 9.13 Å². The molecule has 0 N–H and O–H groups in total. The van der Waals surface area contributed by atoms with Crippen molar-refractivity contribution >= 4 is 43.6 Å². The van der Waals surface area contributed by atoms with Crippen molar-refractivity contribution in [3.63, 3.8) is 0 Å². The van der Waals surface area contributed by atoms with Crippen LogP contribution in [0, 0.1) is 11.3 Å². The van der Waals surface area contributed by atoms with Crippen LogP contribution in [-0.4, -0.2) is 9.13 Å². The predicted octanol–water partition coefficient (Wildman–Crippen LogP) is 9.42. The first-order chi connectivity index (χ1) is 19.8. The summed E-state index contributed by atoms with van der Waals surface area (Å²) in [5.41, 5.74) is 9.49. The molecule has 0 atom stereocenters. The van der Waals surface area contributed by atoms with Gasteiger partial charge in [-0.2, -0.15) is 5.26 Å². The first-order valence-electron chi connectivity index (χ1n) is 13.4. The molecule has 8 aromatic rings. The molecule has 0 spiro atoms. The number of fused-ring (bicyclic) bond motifs is 6. The van der Waals surface area contributed by atoms with Gasteiger partial charge in [-0.05, 0) is 36.4 Å². The van der Waals surface area contributed by atoms with Gasteiger partial charge in [0.1, 0.15) is 6.07 Å². The summed E-state index contributed by atoms with van der Waals surface area (Å²) in [6, 6.07) is 51.2. The Morgan fingerprint density at radius 2 is 0.925 bits per heavy atom. The minimum absolute atomic E-state index is 0.650. The summed E-state index contributed by atoms with van der Waals surface area (Å²) in [5.74, 6) is 0. The largest absolute Gasteiger partial charge is 0.309 e. The molecule has 0 fully saturated rings. The summed E-state index contributed by atoms with van der Waals surface area (Å²) in [6.07, 6.45) is 0. The van der Waals surface area contributed by atoms with Crippen LogP contribution in [0.4, 0.5) is 0 Å². The molecular weight excluding hydrogens is 486 g/mol. The van der Waals surface area contributed by atoms with Crippen molar-refractivity contribution in [1.29, 1.82) is 5.26 Å². The number of nitriles is 1. The topological polar surface area (TPSA) is 33.6 Å². The van der Waals surface area contributed by atoms with Gasteiger partial charge in [0.25, 0.3) is 0 Å². The molecule has 8 rings (SSSR count). The van der Waals surface area contributed by atoms with Gasteiger partial charge in [0.2, 0.25) is 0 Å². The lowest BCUT2D eigenvalue weighted by atomic mass is 9.99. The molecule has 2 aromatic heterocycles. The fourth-order valence-corrected chi connectivity index (χ4v) is 6.33. The van der Waals surface area contributed by atoms with E-state index in [0.717, 1.165) is 33.5 Å². The first kappa shape index (κ1) is 22.4. The molecule has 186 valence electrons. The second-order valence-corrected chi connectivity index (χ2v) is 10.1. The predicted molar refractivity (Wildman–Crippen MR) is 165 cm³/mol. The monoisotopic (exact) mass is 509 g/mol. The van der Waals surface area contributed by atoms with E-state index in [9.17, 15) is 5.26 Å². The van der Waals surface area contributed by atoms with Crippen molar-refractivity contribution < 1.29 is 0 Å². The van der Waals surface area contributed by atoms with Crippen LogP contribution in [0.1, 0.15) is 5.56 Å². The Morgan fingerprint density at radius 3 is 1.57 bits per heavy atom. The highest BCUT2D eigenvalue weighted by Crippen LogP contribution is 2.43. The van der Waals surface area contributed by atoms with E-state index in [-0.39, 0.29) is 0 Å². The Morgan fingerprint density at radius 1 is 0.425 bits per heavy atom. The van der Waals surface area contributed by atoms with Crippen molar-refractivity contribution in [2.24, 2.45) is 0 Å². The summed E-state index contributed by atoms with van der Waals surface area (Å²) < 4.78 is 4.65. The maximum atomic E-state index is 10.1. The zero-order chi connectivity index (χ0) is 26.6. The summed E-state index contributed by atoms with van der Waals surface area (Å²) in [6.45, 7) is 0. The molecule has 0 unspecified atom stereocenters. The molecule has 3 nitrogen and oxygen atoms in total. The second kappa shape index (κ2) is 8.73. The number of rotatable bonds is 3. The Balaban J connectivity index is 1.58. The van der Waals surface area contributed by atoms with Crippen LogP contribution in [0.2, 0.25) is 0 Å². The molecule has 0 amide bonds. The van der Waals surface area contributed by atoms with Crippen LogP contribution in [0.25, 0.3) is 66.1 Å². The first-order valence-corrected chi connectivity index (χ1v) is 13.4. The van der Waals surface area contributed by atoms with Crippen LogP contribution in [-0.2, 0) is 0 Å². The molecule has 3 heteroatoms. The van der Waals surface area contributed by atoms with E-state index in [0.29, 0.717) is 5.56 Å². The maximum Gasteiger partial charge on any atom is 0.101 e. The molecule has 0 radical (unpaired) electrons. The third-order valence-corrected chi connectivity index (χ3v) is 7.96. The van der Waals surface area contributed by atoms with Crippen LogP contribution >= 0.6 is 0 Å². The van der Waals surface area contributed by atoms with Gasteiger partial charge >= 0.3 is 0 Å². The van der Waals surface area contributed by atoms with Crippen molar-refractivity contribution in [3.05, 3.63) is 145 Å². The molecule has 0 saturated carbocycles. The molecule has 40 heavy (non-hydrogen) atoms. The van der Waals surface area contributed by atoms with Crippen LogP contribution < -0.4 is 0 Å². The SMILES string of the molecule is N#Cc1ccccc1-n1c2ccccc2c2cccc(-c3cccc4c5ccccc5n(-c5ccccc5)c34)c21. The normalized spacial score (nSPS) is 11.5. The van der Waals surface area contributed by atoms with Gasteiger partial charge in [-0.25, -0.2) is 0 Å². The van der Waals surface area contributed by atoms with Crippen LogP contribution in [0.5, 0.6) is 0 Å². The maximum absolute atomic E-state index is 10.1. The minimum atomic E-state index is 0.650. The molecule has 0 aliphatic carbocycles. The number of benzene rings is 6. The molecule has 0 aliphatic heterocycles. The third-order valence-electron chi connectivity index (χ3n) is 7.96. The lowest BCUT2D eigenvalue weighted by Gasteiger charge is -2.15. The average Bonchev–Trinajstić information content (AvgIpc) is 3.55. The van der Waals surface area contributed by atoms with Crippen LogP contribution in [0.15, 0.2) is 140 Å². The summed E-state index contributed by atoms with van der Waals surface area (Å²) in [5, 5.41) is 14.8. The van der Waals surface area contributed by atoms with Gasteiger partial charge in [0.05, 0.1) is 33.3 Å². The Bertz CT molecular complexity index is 2280. The van der Waals surface area contributed by atoms with Gasteiger partial charge in [0.15, 0.2) is 0 Å². The molecular formula is C37H23N3. The molecule has 0 saturated heterocycles. The highest BCUT2D eigenvalue weighted by molar-refractivity contribution is 6.19. The van der Waals surface area contributed by atoms with Gasteiger partial charge in [-0.1, -0.05) is 103 Å². The van der Waals surface area contributed by atoms with Crippen molar-refractivity contribution in [2.75, 3.05) is 0 Å². The average molecular weight is 510 g/mol. The minimum Gasteiger partial charge on any atom is -0.309 e. The Hall–Kier alpha value is -5.59. The van der Waals surface area contributed by atoms with Gasteiger partial charge in [-0.3, -0.25) is 0 Å². The number of hydrogen-bond acceptors (Lipinski definition) is 1. The van der Waals surface area contributed by atoms with E-state index in [1.165, 1.54) is 32.6 Å². The van der Waals surface area contributed by atoms with E-state index >= 15 is 0 Å². The van der Waals surface area contributed by atoms with Crippen molar-refractivity contribution in [2.45, 2.75) is 0 Å². The standard InChI is InChI=1S/C37H23N3/c38-24-25-12-4-7-21-33(25)40-35-23-9-6-16-28(35)30-18-11-20-32(37(30)40)31-19-10-17-29-27-15-5-8-22-34(27)39(36(29)31)26-13-2-1-3-14-26/h1-23H. The Kier molecular flexibility index (Phi) is 4.89. The van der Waals surface area contributed by atoms with E-state index in [2.05, 4.69) is 130 Å². The second-order valence-electron chi connectivity index (χ2n) is 10.1. The lowest BCUT2D eigenvalue weighted by molar-refractivity contribution is 1.16. The van der Waals surface area contributed by atoms with Gasteiger partial charge in [-0.15, -0.1) is 0 Å². The number of nitrogens with zero attached hydrogens (tertiary/aromatic N) is 3. The Labute approximate surface area is 231 Å². The van der Waals surface area contributed by atoms with E-state index in [1.54, 1.807) is 0 Å². The number of hydrogen-bond donors (Lipinski definition) is 0. The fraction of sp³-hybridized carbons (Fsp3) is 0. The zero-order valence-electron chi connectivity index (χ0n) is 21.6. The quantitative estimate of drug-likeness (QED) is 0.233. The molecule has 0 bridgehead atoms. The van der Waals surface area contributed by atoms with Gasteiger partial charge < -0.3 is 9.13 Å². The van der Waals surface area contributed by atoms with Crippen LogP contribution in [0.3, 0.4) is 0 Å². The van der Waals surface area contributed by atoms with E-state index in [4.69, 9.17) is 0 Å². The zero-order valence-corrected chi connectivity index (χ0v) is 21.6. The van der Waals surface area contributed by atoms with E-state index in [1.807, 2.05) is 24.3 Å². The summed E-state index contributed by atoms with van der Waals surface area (Å²) in [4.78, 5) is 0. The number of aromatic nitrogens is 2. The third kappa shape index (κ3) is 3.11. The van der Waals surface area contributed by atoms with E-state index < -0.39 is 0 Å². The van der Waals surface area contributed by atoms with Gasteiger partial charge in [0, 0.05) is 38.4 Å². The highest BCUT2D eigenvalue weighted by atomic mass is 15.0. The van der Waals surface area contributed by atoms with Crippen molar-refractivity contribution in [3.8, 4) is 28.6 Å². The molecule has 2 heterocycles. The molecule has 0 aliphatic rings. The highest BCUT2D eigenvalue weighted by Gasteiger charge is 2.21. The summed E-state index contributed by atoms with van der Waals surface area (Å²) in [7, 11) is 0. The summed E-state index contributed by atoms with van der Waals surface area (Å²) >= 11 is 0. The number of para-hydroxylation sites is 6. The smallest absolute Gasteiger partial charge is 0.101 e. The molecule has 6 aromatic carbocycles. The lowest BCUT2D eigenvalue weighted by Crippen LogP contribution is -1.99. The fourth-order valence-electron chi connectivity index (χ4n) is 6.33.